The second kappa shape index (κ2) is 6.97. The quantitative estimate of drug-likeness (QED) is 0.557. The van der Waals surface area contributed by atoms with Gasteiger partial charge in [0.25, 0.3) is 0 Å². The lowest BCUT2D eigenvalue weighted by Crippen LogP contribution is -2.40. The van der Waals surface area contributed by atoms with Gasteiger partial charge < -0.3 is 4.74 Å². The van der Waals surface area contributed by atoms with Gasteiger partial charge in [-0.2, -0.15) is 11.8 Å². The van der Waals surface area contributed by atoms with Crippen molar-refractivity contribution in [1.82, 2.24) is 4.90 Å². The van der Waals surface area contributed by atoms with E-state index in [2.05, 4.69) is 18.7 Å². The molecule has 2 atom stereocenters. The van der Waals surface area contributed by atoms with Gasteiger partial charge in [-0.3, -0.25) is 4.90 Å². The molecule has 0 spiro atoms. The Morgan fingerprint density at radius 3 is 2.62 bits per heavy atom. The van der Waals surface area contributed by atoms with E-state index in [1.807, 2.05) is 24.8 Å². The Labute approximate surface area is 102 Å². The third-order valence-electron chi connectivity index (χ3n) is 2.40. The Hall–Kier alpha value is -0.480. The molecule has 1 fully saturated rings. The Morgan fingerprint density at radius 1 is 1.44 bits per heavy atom. The van der Waals surface area contributed by atoms with Crippen molar-refractivity contribution < 1.29 is 9.53 Å². The van der Waals surface area contributed by atoms with Gasteiger partial charge in [0.2, 0.25) is 0 Å². The average molecular weight is 243 g/mol. The van der Waals surface area contributed by atoms with Crippen LogP contribution in [0.3, 0.4) is 0 Å². The van der Waals surface area contributed by atoms with Gasteiger partial charge in [0.15, 0.2) is 0 Å². The maximum Gasteiger partial charge on any atom is 0.330 e. The van der Waals surface area contributed by atoms with Gasteiger partial charge in [0.05, 0.1) is 6.61 Å². The van der Waals surface area contributed by atoms with Crippen LogP contribution in [0.15, 0.2) is 12.2 Å². The summed E-state index contributed by atoms with van der Waals surface area (Å²) >= 11 is 2.04. The van der Waals surface area contributed by atoms with Crippen molar-refractivity contribution >= 4 is 17.7 Å². The second-order valence-corrected chi connectivity index (χ2v) is 6.01. The lowest BCUT2D eigenvalue weighted by Gasteiger charge is -2.33. The van der Waals surface area contributed by atoms with E-state index in [1.54, 1.807) is 0 Å². The minimum absolute atomic E-state index is 0.241. The Kier molecular flexibility index (Phi) is 5.91. The van der Waals surface area contributed by atoms with Crippen LogP contribution in [0.4, 0.5) is 0 Å². The minimum Gasteiger partial charge on any atom is -0.463 e. The molecule has 0 radical (unpaired) electrons. The highest BCUT2D eigenvalue weighted by atomic mass is 32.2. The zero-order chi connectivity index (χ0) is 12.0. The van der Waals surface area contributed by atoms with Crippen LogP contribution in [-0.2, 0) is 9.53 Å². The minimum atomic E-state index is -0.241. The van der Waals surface area contributed by atoms with Crippen LogP contribution >= 0.6 is 11.8 Å². The first kappa shape index (κ1) is 13.6. The van der Waals surface area contributed by atoms with Crippen molar-refractivity contribution in [2.75, 3.05) is 26.2 Å². The van der Waals surface area contributed by atoms with Crippen molar-refractivity contribution in [3.63, 3.8) is 0 Å². The molecule has 4 heteroatoms. The molecule has 0 aromatic rings. The van der Waals surface area contributed by atoms with Gasteiger partial charge in [0, 0.05) is 36.2 Å². The molecule has 0 aromatic heterocycles. The summed E-state index contributed by atoms with van der Waals surface area (Å²) in [6.45, 7) is 9.80. The molecule has 0 saturated carbocycles. The van der Waals surface area contributed by atoms with Crippen LogP contribution in [0.2, 0.25) is 0 Å². The third-order valence-corrected chi connectivity index (χ3v) is 3.63. The molecule has 0 aromatic carbocycles. The molecule has 0 N–H and O–H groups in total. The van der Waals surface area contributed by atoms with E-state index in [1.165, 1.54) is 6.08 Å². The molecule has 2 unspecified atom stereocenters. The molecule has 1 aliphatic rings. The molecule has 1 aliphatic heterocycles. The number of hydrogen-bond acceptors (Lipinski definition) is 4. The molecule has 0 bridgehead atoms. The predicted molar refractivity (Wildman–Crippen MR) is 68.7 cm³/mol. The number of esters is 1. The van der Waals surface area contributed by atoms with Crippen molar-refractivity contribution in [3.8, 4) is 0 Å². The number of rotatable bonds is 4. The normalized spacial score (nSPS) is 27.2. The Morgan fingerprint density at radius 2 is 2.06 bits per heavy atom. The molecule has 16 heavy (non-hydrogen) atoms. The number of carbonyl (C=O) groups excluding carboxylic acids is 1. The van der Waals surface area contributed by atoms with Gasteiger partial charge in [-0.25, -0.2) is 4.79 Å². The van der Waals surface area contributed by atoms with Crippen molar-refractivity contribution in [2.45, 2.75) is 31.3 Å². The summed E-state index contributed by atoms with van der Waals surface area (Å²) in [6, 6.07) is 0. The van der Waals surface area contributed by atoms with Crippen molar-refractivity contribution in [2.24, 2.45) is 0 Å². The van der Waals surface area contributed by atoms with Crippen LogP contribution in [0.5, 0.6) is 0 Å². The molecule has 92 valence electrons. The molecule has 1 heterocycles. The number of thioether (sulfide) groups is 1. The number of carbonyl (C=O) groups is 1. The summed E-state index contributed by atoms with van der Waals surface area (Å²) in [5, 5.41) is 1.36. The van der Waals surface area contributed by atoms with Gasteiger partial charge in [0.1, 0.15) is 0 Å². The summed E-state index contributed by atoms with van der Waals surface area (Å²) in [4.78, 5) is 13.5. The maximum absolute atomic E-state index is 11.1. The monoisotopic (exact) mass is 243 g/mol. The fourth-order valence-electron chi connectivity index (χ4n) is 1.92. The molecule has 1 rings (SSSR count). The van der Waals surface area contributed by atoms with E-state index >= 15 is 0 Å². The number of nitrogens with zero attached hydrogens (tertiary/aromatic N) is 1. The van der Waals surface area contributed by atoms with E-state index in [0.717, 1.165) is 19.6 Å². The lowest BCUT2D eigenvalue weighted by molar-refractivity contribution is -0.137. The molecule has 1 saturated heterocycles. The third kappa shape index (κ3) is 5.03. The molecule has 3 nitrogen and oxygen atoms in total. The van der Waals surface area contributed by atoms with E-state index < -0.39 is 0 Å². The molecular formula is C12H21NO2S. The van der Waals surface area contributed by atoms with Crippen molar-refractivity contribution in [1.29, 1.82) is 0 Å². The molecule has 0 aliphatic carbocycles. The summed E-state index contributed by atoms with van der Waals surface area (Å²) in [5.41, 5.74) is 0. The van der Waals surface area contributed by atoms with Crippen LogP contribution in [0.1, 0.15) is 20.8 Å². The number of hydrogen-bond donors (Lipinski definition) is 0. The number of ether oxygens (including phenoxy) is 1. The first-order valence-corrected chi connectivity index (χ1v) is 6.77. The standard InChI is InChI=1S/C12H21NO2S/c1-4-15-12(14)6-5-7-13-8-10(2)16-11(3)9-13/h5-6,10-11H,4,7-9H2,1-3H3/b6-5+. The van der Waals surface area contributed by atoms with Gasteiger partial charge >= 0.3 is 5.97 Å². The average Bonchev–Trinajstić information content (AvgIpc) is 2.16. The summed E-state index contributed by atoms with van der Waals surface area (Å²) in [5.74, 6) is -0.241. The molecule has 0 amide bonds. The van der Waals surface area contributed by atoms with E-state index in [-0.39, 0.29) is 5.97 Å². The zero-order valence-corrected chi connectivity index (χ0v) is 11.1. The van der Waals surface area contributed by atoms with Crippen LogP contribution in [0, 0.1) is 0 Å². The zero-order valence-electron chi connectivity index (χ0n) is 10.3. The summed E-state index contributed by atoms with van der Waals surface area (Å²) in [6.07, 6.45) is 3.42. The second-order valence-electron chi connectivity index (χ2n) is 4.13. The van der Waals surface area contributed by atoms with Crippen LogP contribution < -0.4 is 0 Å². The van der Waals surface area contributed by atoms with Crippen LogP contribution in [-0.4, -0.2) is 47.6 Å². The van der Waals surface area contributed by atoms with Gasteiger partial charge in [-0.1, -0.05) is 19.9 Å². The lowest BCUT2D eigenvalue weighted by atomic mass is 10.3. The fourth-order valence-corrected chi connectivity index (χ4v) is 3.31. The van der Waals surface area contributed by atoms with Crippen LogP contribution in [0.25, 0.3) is 0 Å². The largest absolute Gasteiger partial charge is 0.463 e. The van der Waals surface area contributed by atoms with Gasteiger partial charge in [-0.15, -0.1) is 0 Å². The first-order chi connectivity index (χ1) is 7.61. The first-order valence-electron chi connectivity index (χ1n) is 5.83. The SMILES string of the molecule is CCOC(=O)/C=C/CN1CC(C)SC(C)C1. The topological polar surface area (TPSA) is 29.5 Å². The maximum atomic E-state index is 11.1. The van der Waals surface area contributed by atoms with Gasteiger partial charge in [-0.05, 0) is 6.92 Å². The highest BCUT2D eigenvalue weighted by Crippen LogP contribution is 2.24. The van der Waals surface area contributed by atoms with Crippen molar-refractivity contribution in [3.05, 3.63) is 12.2 Å². The molecular weight excluding hydrogens is 222 g/mol. The van der Waals surface area contributed by atoms with E-state index in [4.69, 9.17) is 4.74 Å². The Bertz CT molecular complexity index is 245. The fraction of sp³-hybridized carbons (Fsp3) is 0.750. The summed E-state index contributed by atoms with van der Waals surface area (Å²) in [7, 11) is 0. The smallest absolute Gasteiger partial charge is 0.330 e. The van der Waals surface area contributed by atoms with E-state index in [0.29, 0.717) is 17.1 Å². The summed E-state index contributed by atoms with van der Waals surface area (Å²) < 4.78 is 4.83. The Balaban J connectivity index is 2.28. The predicted octanol–water partition coefficient (Wildman–Crippen LogP) is 1.93. The highest BCUT2D eigenvalue weighted by Gasteiger charge is 2.20. The van der Waals surface area contributed by atoms with E-state index in [9.17, 15) is 4.79 Å². The highest BCUT2D eigenvalue weighted by molar-refractivity contribution is 8.00.